The highest BCUT2D eigenvalue weighted by atomic mass is 16.4. The van der Waals surface area contributed by atoms with E-state index in [1.54, 1.807) is 18.2 Å². The van der Waals surface area contributed by atoms with Crippen molar-refractivity contribution in [1.29, 1.82) is 5.26 Å². The lowest BCUT2D eigenvalue weighted by molar-refractivity contribution is 0.124. The number of nitriles is 1. The Bertz CT molecular complexity index is 555. The third-order valence-electron chi connectivity index (χ3n) is 3.41. The van der Waals surface area contributed by atoms with Crippen LogP contribution in [0.4, 0.5) is 16.2 Å². The number of carbonyl (C=O) groups is 1. The maximum atomic E-state index is 11.0. The Kier molecular flexibility index (Phi) is 3.96. The number of aliphatic hydroxyl groups excluding tert-OH is 1. The summed E-state index contributed by atoms with van der Waals surface area (Å²) in [5.41, 5.74) is 7.25. The number of nitrogens with two attached hydrogens (primary N) is 1. The molecule has 2 rings (SSSR count). The molecule has 1 fully saturated rings. The fourth-order valence-electron chi connectivity index (χ4n) is 2.40. The molecule has 0 aliphatic carbocycles. The minimum atomic E-state index is -0.999. The molecule has 0 radical (unpaired) electrons. The zero-order valence-electron chi connectivity index (χ0n) is 10.9. The molecule has 1 heterocycles. The first kappa shape index (κ1) is 14.0. The second-order valence-electron chi connectivity index (χ2n) is 4.65. The lowest BCUT2D eigenvalue weighted by atomic mass is 10.1. The summed E-state index contributed by atoms with van der Waals surface area (Å²) < 4.78 is 0. The van der Waals surface area contributed by atoms with E-state index >= 15 is 0 Å². The van der Waals surface area contributed by atoms with Crippen LogP contribution in [-0.4, -0.2) is 53.5 Å². The number of piperazine rings is 1. The first-order valence-electron chi connectivity index (χ1n) is 6.21. The van der Waals surface area contributed by atoms with Crippen LogP contribution in [0.3, 0.4) is 0 Å². The molecule has 0 spiro atoms. The van der Waals surface area contributed by atoms with Gasteiger partial charge in [0.25, 0.3) is 0 Å². The number of benzene rings is 1. The van der Waals surface area contributed by atoms with Crippen molar-refractivity contribution < 1.29 is 15.0 Å². The normalized spacial score (nSPS) is 18.7. The van der Waals surface area contributed by atoms with Crippen LogP contribution < -0.4 is 10.6 Å². The van der Waals surface area contributed by atoms with E-state index in [2.05, 4.69) is 6.07 Å². The van der Waals surface area contributed by atoms with Gasteiger partial charge in [0, 0.05) is 25.3 Å². The first-order chi connectivity index (χ1) is 9.56. The molecule has 7 nitrogen and oxygen atoms in total. The zero-order chi connectivity index (χ0) is 14.7. The Morgan fingerprint density at radius 1 is 1.50 bits per heavy atom. The number of hydrogen-bond donors (Lipinski definition) is 3. The van der Waals surface area contributed by atoms with Gasteiger partial charge in [0.2, 0.25) is 0 Å². The lowest BCUT2D eigenvalue weighted by Gasteiger charge is -2.41. The van der Waals surface area contributed by atoms with Gasteiger partial charge in [-0.25, -0.2) is 4.79 Å². The van der Waals surface area contributed by atoms with Crippen LogP contribution in [0.2, 0.25) is 0 Å². The minimum Gasteiger partial charge on any atom is -0.465 e. The monoisotopic (exact) mass is 276 g/mol. The van der Waals surface area contributed by atoms with Gasteiger partial charge < -0.3 is 25.7 Å². The van der Waals surface area contributed by atoms with Gasteiger partial charge >= 0.3 is 6.09 Å². The highest BCUT2D eigenvalue weighted by Crippen LogP contribution is 2.26. The summed E-state index contributed by atoms with van der Waals surface area (Å²) in [6.45, 7) is 0.789. The lowest BCUT2D eigenvalue weighted by Crippen LogP contribution is -2.56. The van der Waals surface area contributed by atoms with Crippen molar-refractivity contribution in [2.45, 2.75) is 6.04 Å². The molecule has 7 heteroatoms. The number of anilines is 2. The number of aliphatic hydroxyl groups is 1. The number of rotatable bonds is 2. The molecule has 20 heavy (non-hydrogen) atoms. The maximum absolute atomic E-state index is 11.0. The topological polar surface area (TPSA) is 114 Å². The zero-order valence-corrected chi connectivity index (χ0v) is 10.9. The van der Waals surface area contributed by atoms with Crippen molar-refractivity contribution in [2.75, 3.05) is 36.9 Å². The highest BCUT2D eigenvalue weighted by Gasteiger charge is 2.30. The van der Waals surface area contributed by atoms with Gasteiger partial charge in [-0.1, -0.05) is 0 Å². The van der Waals surface area contributed by atoms with Crippen LogP contribution >= 0.6 is 0 Å². The maximum Gasteiger partial charge on any atom is 0.407 e. The fraction of sp³-hybridized carbons (Fsp3) is 0.385. The van der Waals surface area contributed by atoms with Crippen molar-refractivity contribution in [3.05, 3.63) is 23.8 Å². The predicted octanol–water partition coefficient (Wildman–Crippen LogP) is 0.301. The summed E-state index contributed by atoms with van der Waals surface area (Å²) in [6, 6.07) is 6.71. The van der Waals surface area contributed by atoms with E-state index in [0.717, 1.165) is 0 Å². The van der Waals surface area contributed by atoms with Gasteiger partial charge in [0.05, 0.1) is 23.9 Å². The largest absolute Gasteiger partial charge is 0.465 e. The molecule has 0 bridgehead atoms. The molecule has 1 atom stereocenters. The van der Waals surface area contributed by atoms with Gasteiger partial charge in [0.15, 0.2) is 0 Å². The molecule has 0 aromatic heterocycles. The number of carboxylic acid groups (broad SMARTS) is 1. The molecule has 1 aliphatic rings. The summed E-state index contributed by atoms with van der Waals surface area (Å²) in [5.74, 6) is 0. The van der Waals surface area contributed by atoms with Gasteiger partial charge in [-0.2, -0.15) is 5.26 Å². The summed E-state index contributed by atoms with van der Waals surface area (Å²) in [4.78, 5) is 14.1. The quantitative estimate of drug-likeness (QED) is 0.669. The molecule has 4 N–H and O–H groups in total. The molecule has 0 saturated carbocycles. The van der Waals surface area contributed by atoms with Crippen molar-refractivity contribution in [3.63, 3.8) is 0 Å². The van der Waals surface area contributed by atoms with Gasteiger partial charge in [0.1, 0.15) is 6.07 Å². The van der Waals surface area contributed by atoms with Crippen LogP contribution in [0.15, 0.2) is 18.2 Å². The number of hydrogen-bond acceptors (Lipinski definition) is 5. The molecule has 1 aliphatic heterocycles. The second-order valence-corrected chi connectivity index (χ2v) is 4.65. The van der Waals surface area contributed by atoms with Crippen molar-refractivity contribution in [1.82, 2.24) is 4.90 Å². The van der Waals surface area contributed by atoms with Crippen LogP contribution in [0, 0.1) is 11.3 Å². The average molecular weight is 276 g/mol. The van der Waals surface area contributed by atoms with Crippen molar-refractivity contribution in [2.24, 2.45) is 0 Å². The molecule has 1 amide bonds. The second kappa shape index (κ2) is 5.67. The van der Waals surface area contributed by atoms with Crippen LogP contribution in [-0.2, 0) is 0 Å². The highest BCUT2D eigenvalue weighted by molar-refractivity contribution is 5.68. The third kappa shape index (κ3) is 2.60. The van der Waals surface area contributed by atoms with E-state index in [-0.39, 0.29) is 19.2 Å². The number of amides is 1. The summed E-state index contributed by atoms with van der Waals surface area (Å²) >= 11 is 0. The van der Waals surface area contributed by atoms with Crippen LogP contribution in [0.5, 0.6) is 0 Å². The fourth-order valence-corrected chi connectivity index (χ4v) is 2.40. The van der Waals surface area contributed by atoms with Gasteiger partial charge in [-0.3, -0.25) is 0 Å². The Labute approximate surface area is 116 Å². The molecular weight excluding hydrogens is 260 g/mol. The SMILES string of the molecule is N#Cc1cc(N)ccc1N1CCN(C(=O)O)C[C@H]1CO. The van der Waals surface area contributed by atoms with Crippen LogP contribution in [0.25, 0.3) is 0 Å². The summed E-state index contributed by atoms with van der Waals surface area (Å²) in [7, 11) is 0. The Morgan fingerprint density at radius 3 is 2.85 bits per heavy atom. The summed E-state index contributed by atoms with van der Waals surface area (Å²) in [5, 5.41) is 27.6. The van der Waals surface area contributed by atoms with Gasteiger partial charge in [-0.05, 0) is 18.2 Å². The van der Waals surface area contributed by atoms with E-state index in [9.17, 15) is 15.2 Å². The van der Waals surface area contributed by atoms with E-state index in [1.807, 2.05) is 4.90 Å². The Morgan fingerprint density at radius 2 is 2.25 bits per heavy atom. The predicted molar refractivity (Wildman–Crippen MR) is 73.4 cm³/mol. The molecule has 1 aromatic rings. The van der Waals surface area contributed by atoms with Crippen molar-refractivity contribution in [3.8, 4) is 6.07 Å². The molecule has 1 aromatic carbocycles. The summed E-state index contributed by atoms with van der Waals surface area (Å²) in [6.07, 6.45) is -0.999. The standard InChI is InChI=1S/C13H16N4O3/c14-6-9-5-10(15)1-2-12(9)17-4-3-16(13(19)20)7-11(17)8-18/h1-2,5,11,18H,3-4,7-8,15H2,(H,19,20)/t11-/m0/s1. The van der Waals surface area contributed by atoms with Gasteiger partial charge in [-0.15, -0.1) is 0 Å². The third-order valence-corrected chi connectivity index (χ3v) is 3.41. The molecule has 106 valence electrons. The smallest absolute Gasteiger partial charge is 0.407 e. The number of nitrogen functional groups attached to an aromatic ring is 1. The van der Waals surface area contributed by atoms with E-state index in [4.69, 9.17) is 10.8 Å². The number of nitrogens with zero attached hydrogens (tertiary/aromatic N) is 3. The van der Waals surface area contributed by atoms with Crippen LogP contribution in [0.1, 0.15) is 5.56 Å². The van der Waals surface area contributed by atoms with Crippen molar-refractivity contribution >= 4 is 17.5 Å². The van der Waals surface area contributed by atoms with E-state index < -0.39 is 6.09 Å². The average Bonchev–Trinajstić information content (AvgIpc) is 2.46. The molecular formula is C13H16N4O3. The minimum absolute atomic E-state index is 0.182. The Balaban J connectivity index is 2.29. The Hall–Kier alpha value is -2.46. The van der Waals surface area contributed by atoms with E-state index in [0.29, 0.717) is 30.0 Å². The van der Waals surface area contributed by atoms with E-state index in [1.165, 1.54) is 4.90 Å². The molecule has 1 saturated heterocycles. The first-order valence-corrected chi connectivity index (χ1v) is 6.21. The molecule has 0 unspecified atom stereocenters.